The minimum absolute atomic E-state index is 0.547. The molecule has 0 bridgehead atoms. The van der Waals surface area contributed by atoms with Crippen molar-refractivity contribution in [1.29, 1.82) is 0 Å². The predicted molar refractivity (Wildman–Crippen MR) is 68.3 cm³/mol. The minimum Gasteiger partial charge on any atom is -0.358 e. The molecule has 1 aromatic rings. The van der Waals surface area contributed by atoms with Crippen LogP contribution in [0.15, 0.2) is 12.7 Å². The number of nitrogens with one attached hydrogen (secondary N) is 1. The lowest BCUT2D eigenvalue weighted by atomic mass is 10.0. The van der Waals surface area contributed by atoms with E-state index >= 15 is 0 Å². The fraction of sp³-hybridized carbons (Fsp3) is 0.429. The SMILES string of the molecule is C=C/C=c1/[nH]c(C(C)C)c(CC)/c1=C/C. The molecule has 1 rings (SSSR count). The Hall–Kier alpha value is -1.24. The average molecular weight is 203 g/mol. The Bertz CT molecular complexity index is 446. The lowest BCUT2D eigenvalue weighted by Gasteiger charge is -2.04. The molecule has 0 unspecified atom stereocenters. The van der Waals surface area contributed by atoms with Gasteiger partial charge in [-0.05, 0) is 36.1 Å². The molecule has 15 heavy (non-hydrogen) atoms. The van der Waals surface area contributed by atoms with Gasteiger partial charge in [0, 0.05) is 11.0 Å². The first kappa shape index (κ1) is 11.8. The lowest BCUT2D eigenvalue weighted by Crippen LogP contribution is -2.24. The maximum Gasteiger partial charge on any atom is 0.0455 e. The summed E-state index contributed by atoms with van der Waals surface area (Å²) in [5, 5.41) is 2.52. The molecule has 0 aromatic carbocycles. The minimum atomic E-state index is 0.547. The van der Waals surface area contributed by atoms with Crippen LogP contribution >= 0.6 is 0 Å². The Morgan fingerprint density at radius 2 is 2.07 bits per heavy atom. The van der Waals surface area contributed by atoms with Crippen LogP contribution in [0.2, 0.25) is 0 Å². The molecule has 0 aliphatic heterocycles. The van der Waals surface area contributed by atoms with Crippen LogP contribution < -0.4 is 10.6 Å². The fourth-order valence-corrected chi connectivity index (χ4v) is 2.05. The predicted octanol–water partition coefficient (Wildman–Crippen LogP) is 2.47. The van der Waals surface area contributed by atoms with E-state index in [0.29, 0.717) is 5.92 Å². The number of hydrogen-bond acceptors (Lipinski definition) is 0. The number of hydrogen-bond donors (Lipinski definition) is 1. The van der Waals surface area contributed by atoms with E-state index in [2.05, 4.69) is 45.3 Å². The van der Waals surface area contributed by atoms with Crippen LogP contribution in [0.1, 0.15) is 44.9 Å². The van der Waals surface area contributed by atoms with Gasteiger partial charge in [0.15, 0.2) is 0 Å². The van der Waals surface area contributed by atoms with Gasteiger partial charge in [-0.2, -0.15) is 0 Å². The second-order valence-corrected chi connectivity index (χ2v) is 4.04. The van der Waals surface area contributed by atoms with Crippen molar-refractivity contribution in [3.05, 3.63) is 34.5 Å². The molecule has 1 nitrogen and oxygen atoms in total. The zero-order chi connectivity index (χ0) is 11.4. The Balaban J connectivity index is 3.60. The van der Waals surface area contributed by atoms with Crippen molar-refractivity contribution in [3.63, 3.8) is 0 Å². The third-order valence-electron chi connectivity index (χ3n) is 2.71. The van der Waals surface area contributed by atoms with E-state index in [-0.39, 0.29) is 0 Å². The monoisotopic (exact) mass is 203 g/mol. The molecule has 0 radical (unpaired) electrons. The summed E-state index contributed by atoms with van der Waals surface area (Å²) in [4.78, 5) is 3.49. The molecule has 1 heterocycles. The molecule has 1 N–H and O–H groups in total. The van der Waals surface area contributed by atoms with Crippen molar-refractivity contribution in [2.75, 3.05) is 0 Å². The Labute approximate surface area is 92.2 Å². The molecule has 0 saturated carbocycles. The number of allylic oxidation sites excluding steroid dienone is 1. The van der Waals surface area contributed by atoms with Crippen LogP contribution in [0.25, 0.3) is 12.2 Å². The lowest BCUT2D eigenvalue weighted by molar-refractivity contribution is 0.811. The van der Waals surface area contributed by atoms with Gasteiger partial charge in [-0.3, -0.25) is 0 Å². The second-order valence-electron chi connectivity index (χ2n) is 4.04. The van der Waals surface area contributed by atoms with Crippen LogP contribution in [-0.2, 0) is 6.42 Å². The summed E-state index contributed by atoms with van der Waals surface area (Å²) in [5.74, 6) is 0.547. The zero-order valence-electron chi connectivity index (χ0n) is 10.2. The molecular formula is C14H21N. The highest BCUT2D eigenvalue weighted by atomic mass is 14.7. The largest absolute Gasteiger partial charge is 0.358 e. The van der Waals surface area contributed by atoms with Crippen molar-refractivity contribution in [3.8, 4) is 0 Å². The molecule has 1 heteroatoms. The molecule has 0 spiro atoms. The van der Waals surface area contributed by atoms with Gasteiger partial charge >= 0.3 is 0 Å². The molecule has 1 aromatic heterocycles. The molecule has 0 saturated heterocycles. The summed E-state index contributed by atoms with van der Waals surface area (Å²) in [7, 11) is 0. The van der Waals surface area contributed by atoms with Gasteiger partial charge < -0.3 is 4.98 Å². The molecule has 82 valence electrons. The second kappa shape index (κ2) is 5.01. The van der Waals surface area contributed by atoms with E-state index in [1.165, 1.54) is 21.8 Å². The first-order chi connectivity index (χ1) is 7.15. The summed E-state index contributed by atoms with van der Waals surface area (Å²) < 4.78 is 0. The highest BCUT2D eigenvalue weighted by Crippen LogP contribution is 2.13. The standard InChI is InChI=1S/C14H21N/c1-6-9-13-11(7-2)12(8-3)14(15-13)10(4)5/h6-7,9-10,15H,1,8H2,2-5H3/b11-7-,13-9+. The first-order valence-corrected chi connectivity index (χ1v) is 5.65. The molecule has 0 atom stereocenters. The van der Waals surface area contributed by atoms with E-state index in [4.69, 9.17) is 0 Å². The van der Waals surface area contributed by atoms with E-state index in [0.717, 1.165) is 6.42 Å². The molecular weight excluding hydrogens is 182 g/mol. The number of aromatic amines is 1. The van der Waals surface area contributed by atoms with Crippen molar-refractivity contribution in [1.82, 2.24) is 4.98 Å². The molecule has 0 aliphatic rings. The van der Waals surface area contributed by atoms with E-state index in [9.17, 15) is 0 Å². The highest BCUT2D eigenvalue weighted by Gasteiger charge is 2.09. The first-order valence-electron chi connectivity index (χ1n) is 5.65. The maximum atomic E-state index is 3.75. The van der Waals surface area contributed by atoms with E-state index < -0.39 is 0 Å². The van der Waals surface area contributed by atoms with Crippen LogP contribution in [0.4, 0.5) is 0 Å². The van der Waals surface area contributed by atoms with Crippen LogP contribution in [0.5, 0.6) is 0 Å². The average Bonchev–Trinajstić information content (AvgIpc) is 2.56. The summed E-state index contributed by atoms with van der Waals surface area (Å²) in [5.41, 5.74) is 2.80. The third-order valence-corrected chi connectivity index (χ3v) is 2.71. The van der Waals surface area contributed by atoms with Gasteiger partial charge in [-0.1, -0.05) is 39.5 Å². The number of rotatable bonds is 3. The fourth-order valence-electron chi connectivity index (χ4n) is 2.05. The van der Waals surface area contributed by atoms with Crippen molar-refractivity contribution < 1.29 is 0 Å². The van der Waals surface area contributed by atoms with Crippen LogP contribution in [0.3, 0.4) is 0 Å². The molecule has 0 fully saturated rings. The van der Waals surface area contributed by atoms with Crippen LogP contribution in [-0.4, -0.2) is 4.98 Å². The molecule has 0 aliphatic carbocycles. The normalized spacial score (nSPS) is 13.9. The van der Waals surface area contributed by atoms with Gasteiger partial charge in [0.05, 0.1) is 0 Å². The van der Waals surface area contributed by atoms with E-state index in [1.54, 1.807) is 0 Å². The zero-order valence-corrected chi connectivity index (χ0v) is 10.2. The van der Waals surface area contributed by atoms with Crippen LogP contribution in [0, 0.1) is 0 Å². The molecule has 0 amide bonds. The highest BCUT2D eigenvalue weighted by molar-refractivity contribution is 5.41. The van der Waals surface area contributed by atoms with Crippen molar-refractivity contribution in [2.45, 2.75) is 40.0 Å². The number of H-pyrrole nitrogens is 1. The Kier molecular flexibility index (Phi) is 3.96. The third kappa shape index (κ3) is 2.23. The maximum absolute atomic E-state index is 3.75. The smallest absolute Gasteiger partial charge is 0.0455 e. The topological polar surface area (TPSA) is 15.8 Å². The van der Waals surface area contributed by atoms with Gasteiger partial charge in [0.1, 0.15) is 0 Å². The summed E-state index contributed by atoms with van der Waals surface area (Å²) >= 11 is 0. The quantitative estimate of drug-likeness (QED) is 0.777. The summed E-state index contributed by atoms with van der Waals surface area (Å²) in [6.45, 7) is 12.5. The van der Waals surface area contributed by atoms with Crippen molar-refractivity contribution in [2.24, 2.45) is 0 Å². The summed E-state index contributed by atoms with van der Waals surface area (Å²) in [6, 6.07) is 0. The van der Waals surface area contributed by atoms with Gasteiger partial charge in [0.2, 0.25) is 0 Å². The Morgan fingerprint density at radius 1 is 1.40 bits per heavy atom. The summed E-state index contributed by atoms with van der Waals surface area (Å²) in [6.07, 6.45) is 7.13. The number of aromatic nitrogens is 1. The van der Waals surface area contributed by atoms with Crippen molar-refractivity contribution >= 4 is 12.2 Å². The van der Waals surface area contributed by atoms with Gasteiger partial charge in [-0.15, -0.1) is 0 Å². The Morgan fingerprint density at radius 3 is 2.47 bits per heavy atom. The van der Waals surface area contributed by atoms with E-state index in [1.807, 2.05) is 12.2 Å². The van der Waals surface area contributed by atoms with Gasteiger partial charge in [0.25, 0.3) is 0 Å². The van der Waals surface area contributed by atoms with Gasteiger partial charge in [-0.25, -0.2) is 0 Å².